The number of nitrogens with zero attached hydrogens (tertiary/aromatic N) is 1. The van der Waals surface area contributed by atoms with Crippen LogP contribution < -0.4 is 5.32 Å². The van der Waals surface area contributed by atoms with E-state index >= 15 is 0 Å². The molecule has 1 saturated carbocycles. The highest BCUT2D eigenvalue weighted by molar-refractivity contribution is 5.22. The van der Waals surface area contributed by atoms with Gasteiger partial charge in [0.15, 0.2) is 0 Å². The van der Waals surface area contributed by atoms with Gasteiger partial charge in [0.2, 0.25) is 0 Å². The van der Waals surface area contributed by atoms with Gasteiger partial charge in [0.25, 0.3) is 0 Å². The third-order valence-electron chi connectivity index (χ3n) is 4.80. The predicted octanol–water partition coefficient (Wildman–Crippen LogP) is 3.21. The van der Waals surface area contributed by atoms with Crippen molar-refractivity contribution in [2.45, 2.75) is 51.7 Å². The Kier molecular flexibility index (Phi) is 2.99. The lowest BCUT2D eigenvalue weighted by atomic mass is 9.94. The minimum Gasteiger partial charge on any atom is -0.309 e. The van der Waals surface area contributed by atoms with Crippen molar-refractivity contribution in [3.8, 4) is 0 Å². The summed E-state index contributed by atoms with van der Waals surface area (Å²) in [6.45, 7) is 11.6. The first-order chi connectivity index (χ1) is 8.89. The molecule has 3 rings (SSSR count). The molecule has 104 valence electrons. The molecule has 0 spiro atoms. The van der Waals surface area contributed by atoms with Gasteiger partial charge in [-0.15, -0.1) is 0 Å². The molecule has 2 atom stereocenters. The largest absolute Gasteiger partial charge is 0.309 e. The Morgan fingerprint density at radius 3 is 2.32 bits per heavy atom. The maximum absolute atomic E-state index is 3.71. The zero-order chi connectivity index (χ0) is 13.7. The summed E-state index contributed by atoms with van der Waals surface area (Å²) in [5.41, 5.74) is 2.18. The molecule has 2 nitrogen and oxygen atoms in total. The second-order valence-corrected chi connectivity index (χ2v) is 7.57. The van der Waals surface area contributed by atoms with Gasteiger partial charge in [0, 0.05) is 30.7 Å². The Bertz CT molecular complexity index is 450. The van der Waals surface area contributed by atoms with Crippen molar-refractivity contribution in [1.29, 1.82) is 0 Å². The maximum Gasteiger partial charge on any atom is 0.0476 e. The summed E-state index contributed by atoms with van der Waals surface area (Å²) in [7, 11) is 0. The van der Waals surface area contributed by atoms with Crippen molar-refractivity contribution >= 4 is 0 Å². The van der Waals surface area contributed by atoms with Crippen molar-refractivity contribution in [1.82, 2.24) is 10.2 Å². The topological polar surface area (TPSA) is 15.3 Å². The Hall–Kier alpha value is -0.860. The normalized spacial score (nSPS) is 33.1. The fourth-order valence-electron chi connectivity index (χ4n) is 3.43. The summed E-state index contributed by atoms with van der Waals surface area (Å²) >= 11 is 0. The monoisotopic (exact) mass is 258 g/mol. The molecule has 1 aliphatic heterocycles. The van der Waals surface area contributed by atoms with Crippen molar-refractivity contribution in [3.05, 3.63) is 35.9 Å². The quantitative estimate of drug-likeness (QED) is 0.876. The average molecular weight is 258 g/mol. The molecule has 2 unspecified atom stereocenters. The Morgan fingerprint density at radius 1 is 1.11 bits per heavy atom. The minimum absolute atomic E-state index is 0.226. The molecule has 1 N–H and O–H groups in total. The van der Waals surface area contributed by atoms with Crippen LogP contribution in [0, 0.1) is 5.41 Å². The molecular weight excluding hydrogens is 232 g/mol. The first-order valence-electron chi connectivity index (χ1n) is 7.45. The lowest BCUT2D eigenvalue weighted by Crippen LogP contribution is -2.59. The molecule has 1 heterocycles. The first-order valence-corrected chi connectivity index (χ1v) is 7.45. The van der Waals surface area contributed by atoms with Crippen molar-refractivity contribution in [2.24, 2.45) is 5.41 Å². The van der Waals surface area contributed by atoms with Crippen LogP contribution in [0.3, 0.4) is 0 Å². The van der Waals surface area contributed by atoms with E-state index in [9.17, 15) is 0 Å². The number of hydrogen-bond donors (Lipinski definition) is 1. The van der Waals surface area contributed by atoms with Gasteiger partial charge in [0.05, 0.1) is 0 Å². The van der Waals surface area contributed by atoms with Gasteiger partial charge < -0.3 is 5.32 Å². The molecule has 1 aromatic carbocycles. The zero-order valence-electron chi connectivity index (χ0n) is 12.6. The van der Waals surface area contributed by atoms with Crippen molar-refractivity contribution in [3.63, 3.8) is 0 Å². The van der Waals surface area contributed by atoms with E-state index in [2.05, 4.69) is 68.2 Å². The fraction of sp³-hybridized carbons (Fsp3) is 0.647. The van der Waals surface area contributed by atoms with Gasteiger partial charge in [0.1, 0.15) is 0 Å². The smallest absolute Gasteiger partial charge is 0.0476 e. The third-order valence-corrected chi connectivity index (χ3v) is 4.80. The van der Waals surface area contributed by atoms with E-state index < -0.39 is 0 Å². The molecule has 2 fully saturated rings. The van der Waals surface area contributed by atoms with Crippen LogP contribution in [-0.4, -0.2) is 29.6 Å². The number of piperazine rings is 1. The van der Waals surface area contributed by atoms with Gasteiger partial charge >= 0.3 is 0 Å². The van der Waals surface area contributed by atoms with Gasteiger partial charge in [-0.25, -0.2) is 0 Å². The van der Waals surface area contributed by atoms with Crippen LogP contribution in [0.25, 0.3) is 0 Å². The SMILES string of the molecule is CC1(C)CN(C2CC2(C)C)C(c2ccccc2)CN1. The molecule has 1 saturated heterocycles. The van der Waals surface area contributed by atoms with Crippen molar-refractivity contribution < 1.29 is 0 Å². The lowest BCUT2D eigenvalue weighted by Gasteiger charge is -2.45. The molecule has 1 aliphatic carbocycles. The summed E-state index contributed by atoms with van der Waals surface area (Å²) < 4.78 is 0. The Balaban J connectivity index is 1.86. The lowest BCUT2D eigenvalue weighted by molar-refractivity contribution is 0.0762. The highest BCUT2D eigenvalue weighted by Gasteiger charge is 2.53. The molecule has 1 aromatic rings. The van der Waals surface area contributed by atoms with E-state index in [4.69, 9.17) is 0 Å². The number of hydrogen-bond acceptors (Lipinski definition) is 2. The summed E-state index contributed by atoms with van der Waals surface area (Å²) in [5, 5.41) is 3.71. The van der Waals surface area contributed by atoms with Gasteiger partial charge in [-0.3, -0.25) is 4.90 Å². The van der Waals surface area contributed by atoms with Gasteiger partial charge in [-0.05, 0) is 31.2 Å². The summed E-state index contributed by atoms with van der Waals surface area (Å²) in [5.74, 6) is 0. The second kappa shape index (κ2) is 4.32. The van der Waals surface area contributed by atoms with Crippen LogP contribution in [0.5, 0.6) is 0 Å². The second-order valence-electron chi connectivity index (χ2n) is 7.57. The van der Waals surface area contributed by atoms with Crippen LogP contribution in [0.2, 0.25) is 0 Å². The molecule has 0 bridgehead atoms. The standard InChI is InChI=1S/C17H26N2/c1-16(2)10-15(16)19-12-17(3,4)18-11-14(19)13-8-6-5-7-9-13/h5-9,14-15,18H,10-12H2,1-4H3. The Labute approximate surface area is 117 Å². The fourth-order valence-corrected chi connectivity index (χ4v) is 3.43. The van der Waals surface area contributed by atoms with E-state index in [0.29, 0.717) is 11.5 Å². The zero-order valence-corrected chi connectivity index (χ0v) is 12.6. The third kappa shape index (κ3) is 2.56. The van der Waals surface area contributed by atoms with Crippen molar-refractivity contribution in [2.75, 3.05) is 13.1 Å². The summed E-state index contributed by atoms with van der Waals surface area (Å²) in [6.07, 6.45) is 1.34. The number of nitrogens with one attached hydrogen (secondary N) is 1. The summed E-state index contributed by atoms with van der Waals surface area (Å²) in [4.78, 5) is 2.74. The number of benzene rings is 1. The van der Waals surface area contributed by atoms with E-state index in [-0.39, 0.29) is 5.54 Å². The molecule has 19 heavy (non-hydrogen) atoms. The molecule has 2 aliphatic rings. The molecule has 0 aromatic heterocycles. The molecular formula is C17H26N2. The van der Waals surface area contributed by atoms with Crippen LogP contribution in [0.4, 0.5) is 0 Å². The molecule has 0 amide bonds. The molecule has 2 heteroatoms. The van der Waals surface area contributed by atoms with Crippen LogP contribution >= 0.6 is 0 Å². The van der Waals surface area contributed by atoms with Crippen LogP contribution in [-0.2, 0) is 0 Å². The van der Waals surface area contributed by atoms with E-state index in [0.717, 1.165) is 19.1 Å². The Morgan fingerprint density at radius 2 is 1.74 bits per heavy atom. The van der Waals surface area contributed by atoms with Crippen LogP contribution in [0.1, 0.15) is 45.7 Å². The van der Waals surface area contributed by atoms with Gasteiger partial charge in [-0.1, -0.05) is 44.2 Å². The van der Waals surface area contributed by atoms with E-state index in [1.165, 1.54) is 12.0 Å². The maximum atomic E-state index is 3.71. The van der Waals surface area contributed by atoms with Gasteiger partial charge in [-0.2, -0.15) is 0 Å². The number of rotatable bonds is 2. The highest BCUT2D eigenvalue weighted by Crippen LogP contribution is 2.51. The van der Waals surface area contributed by atoms with Crippen LogP contribution in [0.15, 0.2) is 30.3 Å². The van der Waals surface area contributed by atoms with E-state index in [1.807, 2.05) is 0 Å². The highest BCUT2D eigenvalue weighted by atomic mass is 15.3. The average Bonchev–Trinajstić information content (AvgIpc) is 2.98. The molecule has 0 radical (unpaired) electrons. The minimum atomic E-state index is 0.226. The van der Waals surface area contributed by atoms with E-state index in [1.54, 1.807) is 0 Å². The summed E-state index contributed by atoms with van der Waals surface area (Å²) in [6, 6.07) is 12.2. The predicted molar refractivity (Wildman–Crippen MR) is 80.2 cm³/mol. The first kappa shape index (κ1) is 13.1.